The Balaban J connectivity index is 3.07. The van der Waals surface area contributed by atoms with Crippen molar-refractivity contribution in [2.24, 2.45) is 5.92 Å². The van der Waals surface area contributed by atoms with Gasteiger partial charge in [-0.2, -0.15) is 0 Å². The van der Waals surface area contributed by atoms with Gasteiger partial charge in [-0.1, -0.05) is 13.3 Å². The lowest BCUT2D eigenvalue weighted by atomic mass is 10.2. The van der Waals surface area contributed by atoms with Crippen molar-refractivity contribution in [3.8, 4) is 0 Å². The molecule has 0 aromatic carbocycles. The molecule has 0 bridgehead atoms. The van der Waals surface area contributed by atoms with Crippen LogP contribution in [0.5, 0.6) is 0 Å². The minimum atomic E-state index is -0.105. The molecule has 0 fully saturated rings. The van der Waals surface area contributed by atoms with E-state index in [9.17, 15) is 0 Å². The highest BCUT2D eigenvalue weighted by atomic mass is 16.5. The lowest BCUT2D eigenvalue weighted by Crippen LogP contribution is -2.18. The smallest absolute Gasteiger partial charge is 0.0538 e. The highest BCUT2D eigenvalue weighted by molar-refractivity contribution is 4.52. The molecule has 3 heteroatoms. The van der Waals surface area contributed by atoms with Crippen molar-refractivity contribution in [3.05, 3.63) is 0 Å². The Kier molecular flexibility index (Phi) is 7.89. The molecule has 0 rings (SSSR count). The number of aliphatic hydroxyl groups is 2. The maximum Gasteiger partial charge on any atom is 0.0538 e. The van der Waals surface area contributed by atoms with Crippen LogP contribution < -0.4 is 0 Å². The first-order chi connectivity index (χ1) is 5.35. The molecule has 0 aromatic heterocycles. The molecule has 0 saturated carbocycles. The van der Waals surface area contributed by atoms with Gasteiger partial charge in [-0.3, -0.25) is 0 Å². The van der Waals surface area contributed by atoms with Crippen LogP contribution in [-0.4, -0.2) is 36.6 Å². The van der Waals surface area contributed by atoms with E-state index in [2.05, 4.69) is 6.92 Å². The van der Waals surface area contributed by atoms with Gasteiger partial charge in [0.15, 0.2) is 0 Å². The first kappa shape index (κ1) is 10.9. The summed E-state index contributed by atoms with van der Waals surface area (Å²) in [5.41, 5.74) is 0. The van der Waals surface area contributed by atoms with E-state index in [0.29, 0.717) is 6.61 Å². The summed E-state index contributed by atoms with van der Waals surface area (Å²) in [4.78, 5) is 0. The zero-order valence-electron chi connectivity index (χ0n) is 7.12. The van der Waals surface area contributed by atoms with E-state index in [0.717, 1.165) is 19.4 Å². The third-order valence-corrected chi connectivity index (χ3v) is 1.51. The highest BCUT2D eigenvalue weighted by Gasteiger charge is 2.04. The van der Waals surface area contributed by atoms with E-state index in [4.69, 9.17) is 14.9 Å². The summed E-state index contributed by atoms with van der Waals surface area (Å²) >= 11 is 0. The highest BCUT2D eigenvalue weighted by Crippen LogP contribution is 1.96. The third-order valence-electron chi connectivity index (χ3n) is 1.51. The summed E-state index contributed by atoms with van der Waals surface area (Å²) in [5.74, 6) is -0.105. The van der Waals surface area contributed by atoms with Crippen LogP contribution in [0.2, 0.25) is 0 Å². The maximum absolute atomic E-state index is 8.64. The van der Waals surface area contributed by atoms with Gasteiger partial charge in [-0.05, 0) is 6.42 Å². The Morgan fingerprint density at radius 2 is 1.91 bits per heavy atom. The molecule has 0 aliphatic carbocycles. The van der Waals surface area contributed by atoms with Crippen LogP contribution in [0.3, 0.4) is 0 Å². The van der Waals surface area contributed by atoms with E-state index in [1.54, 1.807) is 0 Å². The van der Waals surface area contributed by atoms with Gasteiger partial charge in [0.2, 0.25) is 0 Å². The minimum absolute atomic E-state index is 0.00260. The van der Waals surface area contributed by atoms with E-state index in [-0.39, 0.29) is 19.1 Å². The second-order valence-corrected chi connectivity index (χ2v) is 2.66. The molecule has 0 amide bonds. The largest absolute Gasteiger partial charge is 0.396 e. The summed E-state index contributed by atoms with van der Waals surface area (Å²) in [6.07, 6.45) is 2.16. The van der Waals surface area contributed by atoms with Crippen LogP contribution in [0.1, 0.15) is 19.8 Å². The van der Waals surface area contributed by atoms with Gasteiger partial charge in [0.05, 0.1) is 19.8 Å². The lowest BCUT2D eigenvalue weighted by Gasteiger charge is -2.10. The monoisotopic (exact) mass is 162 g/mol. The van der Waals surface area contributed by atoms with Crippen molar-refractivity contribution in [1.29, 1.82) is 0 Å². The molecule has 2 N–H and O–H groups in total. The standard InChI is InChI=1S/C8H18O3/c1-2-3-4-11-7-8(5-9)6-10/h8-10H,2-7H2,1H3. The summed E-state index contributed by atoms with van der Waals surface area (Å²) in [6, 6.07) is 0. The molecule has 3 nitrogen and oxygen atoms in total. The zero-order chi connectivity index (χ0) is 8.53. The number of rotatable bonds is 7. The van der Waals surface area contributed by atoms with E-state index < -0.39 is 0 Å². The molecule has 0 spiro atoms. The summed E-state index contributed by atoms with van der Waals surface area (Å²) in [5, 5.41) is 17.3. The molecular weight excluding hydrogens is 144 g/mol. The maximum atomic E-state index is 8.64. The fourth-order valence-corrected chi connectivity index (χ4v) is 0.660. The van der Waals surface area contributed by atoms with Crippen LogP contribution in [-0.2, 0) is 4.74 Å². The molecule has 0 atom stereocenters. The molecule has 0 radical (unpaired) electrons. The van der Waals surface area contributed by atoms with Gasteiger partial charge < -0.3 is 14.9 Å². The minimum Gasteiger partial charge on any atom is -0.396 e. The van der Waals surface area contributed by atoms with Crippen LogP contribution in [0, 0.1) is 5.92 Å². The Morgan fingerprint density at radius 3 is 2.36 bits per heavy atom. The molecule has 0 saturated heterocycles. The first-order valence-corrected chi connectivity index (χ1v) is 4.14. The molecule has 0 aliphatic rings. The van der Waals surface area contributed by atoms with Gasteiger partial charge in [0.1, 0.15) is 0 Å². The summed E-state index contributed by atoms with van der Waals surface area (Å²) < 4.78 is 5.20. The third kappa shape index (κ3) is 6.28. The number of aliphatic hydroxyl groups excluding tert-OH is 2. The topological polar surface area (TPSA) is 49.7 Å². The Labute approximate surface area is 68.0 Å². The van der Waals surface area contributed by atoms with Crippen molar-refractivity contribution in [3.63, 3.8) is 0 Å². The summed E-state index contributed by atoms with van der Waals surface area (Å²) in [6.45, 7) is 3.30. The molecule has 0 unspecified atom stereocenters. The second kappa shape index (κ2) is 7.98. The van der Waals surface area contributed by atoms with Crippen LogP contribution in [0.25, 0.3) is 0 Å². The number of ether oxygens (including phenoxy) is 1. The van der Waals surface area contributed by atoms with Gasteiger partial charge >= 0.3 is 0 Å². The Hall–Kier alpha value is -0.120. The molecule has 0 aliphatic heterocycles. The zero-order valence-corrected chi connectivity index (χ0v) is 7.12. The molecule has 0 aromatic rings. The SMILES string of the molecule is CCCCOCC(CO)CO. The average Bonchev–Trinajstić information content (AvgIpc) is 2.05. The van der Waals surface area contributed by atoms with Gasteiger partial charge in [-0.15, -0.1) is 0 Å². The first-order valence-electron chi connectivity index (χ1n) is 4.14. The van der Waals surface area contributed by atoms with Crippen molar-refractivity contribution in [1.82, 2.24) is 0 Å². The van der Waals surface area contributed by atoms with E-state index in [1.165, 1.54) is 0 Å². The fraction of sp³-hybridized carbons (Fsp3) is 1.00. The van der Waals surface area contributed by atoms with E-state index in [1.807, 2.05) is 0 Å². The summed E-state index contributed by atoms with van der Waals surface area (Å²) in [7, 11) is 0. The fourth-order valence-electron chi connectivity index (χ4n) is 0.660. The molecule has 68 valence electrons. The van der Waals surface area contributed by atoms with Crippen LogP contribution in [0.4, 0.5) is 0 Å². The number of hydrogen-bond acceptors (Lipinski definition) is 3. The number of hydrogen-bond donors (Lipinski definition) is 2. The quantitative estimate of drug-likeness (QED) is 0.533. The van der Waals surface area contributed by atoms with Crippen molar-refractivity contribution >= 4 is 0 Å². The van der Waals surface area contributed by atoms with Gasteiger partial charge in [-0.25, -0.2) is 0 Å². The van der Waals surface area contributed by atoms with Crippen LogP contribution in [0.15, 0.2) is 0 Å². The average molecular weight is 162 g/mol. The van der Waals surface area contributed by atoms with Crippen molar-refractivity contribution in [2.45, 2.75) is 19.8 Å². The second-order valence-electron chi connectivity index (χ2n) is 2.66. The Bertz CT molecular complexity index is 71.7. The predicted molar refractivity (Wildman–Crippen MR) is 43.4 cm³/mol. The Morgan fingerprint density at radius 1 is 1.27 bits per heavy atom. The van der Waals surface area contributed by atoms with Gasteiger partial charge in [0, 0.05) is 12.5 Å². The normalized spacial score (nSPS) is 10.9. The van der Waals surface area contributed by atoms with Crippen molar-refractivity contribution < 1.29 is 14.9 Å². The molecule has 0 heterocycles. The number of unbranched alkanes of at least 4 members (excludes halogenated alkanes) is 1. The van der Waals surface area contributed by atoms with Crippen molar-refractivity contribution in [2.75, 3.05) is 26.4 Å². The molecular formula is C8H18O3. The van der Waals surface area contributed by atoms with E-state index >= 15 is 0 Å². The molecule has 11 heavy (non-hydrogen) atoms. The van der Waals surface area contributed by atoms with Gasteiger partial charge in [0.25, 0.3) is 0 Å². The van der Waals surface area contributed by atoms with Crippen LogP contribution >= 0.6 is 0 Å². The predicted octanol–water partition coefficient (Wildman–Crippen LogP) is 0.404. The lowest BCUT2D eigenvalue weighted by molar-refractivity contribution is 0.0440.